The summed E-state index contributed by atoms with van der Waals surface area (Å²) in [6.45, 7) is 4.23. The van der Waals surface area contributed by atoms with E-state index in [9.17, 15) is 0 Å². The van der Waals surface area contributed by atoms with Gasteiger partial charge >= 0.3 is 8.56 Å². The van der Waals surface area contributed by atoms with E-state index in [1.807, 2.05) is 36.4 Å². The Balaban J connectivity index is 2.49. The second-order valence-corrected chi connectivity index (χ2v) is 8.46. The van der Waals surface area contributed by atoms with Crippen LogP contribution >= 0.6 is 0 Å². The van der Waals surface area contributed by atoms with Gasteiger partial charge in [0.2, 0.25) is 22.0 Å². The highest BCUT2D eigenvalue weighted by Gasteiger charge is 2.43. The van der Waals surface area contributed by atoms with Crippen LogP contribution in [0.1, 0.15) is 0 Å². The van der Waals surface area contributed by atoms with Crippen molar-refractivity contribution in [3.8, 4) is 11.5 Å². The molecule has 18 heavy (non-hydrogen) atoms. The largest absolute Gasteiger partial charge is 0.622 e. The average molecular weight is 272 g/mol. The number of rotatable bonds is 4. The first-order chi connectivity index (χ1) is 8.65. The SMILES string of the molecule is C[Si](C)(O[Si])[O+](c1ccccc1)c1ccccc1. The van der Waals surface area contributed by atoms with Crippen molar-refractivity contribution in [2.45, 2.75) is 13.1 Å². The molecule has 0 aliphatic rings. The Bertz CT molecular complexity index is 446. The summed E-state index contributed by atoms with van der Waals surface area (Å²) in [5.74, 6) is 2.14. The number of benzene rings is 2. The van der Waals surface area contributed by atoms with Crippen LogP contribution in [0.5, 0.6) is 11.5 Å². The van der Waals surface area contributed by atoms with Crippen LogP contribution in [0.25, 0.3) is 0 Å². The summed E-state index contributed by atoms with van der Waals surface area (Å²) in [5.41, 5.74) is 0. The first kappa shape index (κ1) is 13.1. The van der Waals surface area contributed by atoms with Gasteiger partial charge in [0.15, 0.2) is 0 Å². The van der Waals surface area contributed by atoms with E-state index in [-0.39, 0.29) is 0 Å². The Labute approximate surface area is 113 Å². The van der Waals surface area contributed by atoms with Crippen LogP contribution in [-0.2, 0) is 4.12 Å². The van der Waals surface area contributed by atoms with E-state index in [1.165, 1.54) is 0 Å². The number of para-hydroxylation sites is 2. The number of hydrogen-bond donors (Lipinski definition) is 0. The molecule has 2 aromatic rings. The predicted molar refractivity (Wildman–Crippen MR) is 77.3 cm³/mol. The Morgan fingerprint density at radius 3 is 1.56 bits per heavy atom. The molecule has 0 saturated carbocycles. The van der Waals surface area contributed by atoms with Crippen molar-refractivity contribution >= 4 is 19.0 Å². The van der Waals surface area contributed by atoms with Crippen LogP contribution in [0.3, 0.4) is 0 Å². The zero-order chi connectivity index (χ0) is 13.0. The van der Waals surface area contributed by atoms with Crippen LogP contribution < -0.4 is 4.06 Å². The standard InChI is InChI=1S/C14H16O2Si2/c1-18(2,15-17)16(13-9-5-3-6-10-13)14-11-7-4-8-12-14/h3-12H,1-2H3/q+1. The summed E-state index contributed by atoms with van der Waals surface area (Å²) in [7, 11) is 1.09. The molecule has 2 aromatic carbocycles. The molecule has 0 aliphatic carbocycles. The number of hydrogen-bond acceptors (Lipinski definition) is 1. The molecule has 0 unspecified atom stereocenters. The lowest BCUT2D eigenvalue weighted by atomic mass is 10.3. The van der Waals surface area contributed by atoms with Crippen molar-refractivity contribution in [2.24, 2.45) is 0 Å². The highest BCUT2D eigenvalue weighted by Crippen LogP contribution is 2.34. The molecule has 0 atom stereocenters. The zero-order valence-electron chi connectivity index (χ0n) is 10.6. The molecule has 0 amide bonds. The smallest absolute Gasteiger partial charge is 0.584 e. The van der Waals surface area contributed by atoms with Gasteiger partial charge in [0, 0.05) is 37.4 Å². The lowest BCUT2D eigenvalue weighted by Crippen LogP contribution is -2.46. The summed E-state index contributed by atoms with van der Waals surface area (Å²) in [5, 5.41) is 0. The van der Waals surface area contributed by atoms with Gasteiger partial charge in [-0.15, -0.1) is 0 Å². The Morgan fingerprint density at radius 1 is 0.833 bits per heavy atom. The quantitative estimate of drug-likeness (QED) is 0.608. The minimum atomic E-state index is -2.12. The predicted octanol–water partition coefficient (Wildman–Crippen LogP) is 3.82. The lowest BCUT2D eigenvalue weighted by Gasteiger charge is -2.35. The van der Waals surface area contributed by atoms with Gasteiger partial charge in [0.25, 0.3) is 0 Å². The molecule has 3 radical (unpaired) electrons. The molecule has 4 heteroatoms. The van der Waals surface area contributed by atoms with Gasteiger partial charge in [0.05, 0.1) is 0 Å². The molecule has 2 rings (SSSR count). The van der Waals surface area contributed by atoms with E-state index in [0.717, 1.165) is 11.5 Å². The third-order valence-corrected chi connectivity index (χ3v) is 6.12. The first-order valence-corrected chi connectivity index (χ1v) is 9.07. The fourth-order valence-corrected chi connectivity index (χ4v) is 3.60. The van der Waals surface area contributed by atoms with E-state index in [0.29, 0.717) is 0 Å². The Kier molecular flexibility index (Phi) is 4.01. The summed E-state index contributed by atoms with van der Waals surface area (Å²) in [4.78, 5) is 0. The summed E-state index contributed by atoms with van der Waals surface area (Å²) in [6, 6.07) is 20.4. The van der Waals surface area contributed by atoms with Gasteiger partial charge in [-0.3, -0.25) is 0 Å². The van der Waals surface area contributed by atoms with Gasteiger partial charge in [-0.25, -0.2) is 0 Å². The van der Waals surface area contributed by atoms with Gasteiger partial charge < -0.3 is 8.17 Å². The van der Waals surface area contributed by atoms with Crippen molar-refractivity contribution in [1.82, 2.24) is 0 Å². The topological polar surface area (TPSA) is 11.9 Å². The highest BCUT2D eigenvalue weighted by molar-refractivity contribution is 6.69. The van der Waals surface area contributed by atoms with Crippen molar-refractivity contribution in [3.63, 3.8) is 0 Å². The van der Waals surface area contributed by atoms with Crippen LogP contribution in [0, 0.1) is 0 Å². The second kappa shape index (κ2) is 5.52. The van der Waals surface area contributed by atoms with E-state index < -0.39 is 8.56 Å². The maximum absolute atomic E-state index is 5.54. The average Bonchev–Trinajstić information content (AvgIpc) is 2.41. The molecular formula is C14H16O2Si2+. The maximum Gasteiger partial charge on any atom is 0.584 e. The first-order valence-electron chi connectivity index (χ1n) is 5.84. The minimum Gasteiger partial charge on any atom is -0.622 e. The molecule has 0 N–H and O–H groups in total. The van der Waals surface area contributed by atoms with Gasteiger partial charge in [-0.2, -0.15) is 0 Å². The fourth-order valence-electron chi connectivity index (χ4n) is 1.86. The molecule has 91 valence electrons. The summed E-state index contributed by atoms with van der Waals surface area (Å²) in [6.07, 6.45) is 0. The van der Waals surface area contributed by atoms with Crippen molar-refractivity contribution < 1.29 is 8.17 Å². The van der Waals surface area contributed by atoms with E-state index in [4.69, 9.17) is 4.12 Å². The normalized spacial score (nSPS) is 11.3. The monoisotopic (exact) mass is 272 g/mol. The fraction of sp³-hybridized carbons (Fsp3) is 0.143. The zero-order valence-corrected chi connectivity index (χ0v) is 12.6. The van der Waals surface area contributed by atoms with E-state index in [2.05, 4.69) is 51.9 Å². The molecular weight excluding hydrogens is 256 g/mol. The third kappa shape index (κ3) is 2.72. The van der Waals surface area contributed by atoms with Crippen molar-refractivity contribution in [1.29, 1.82) is 0 Å². The second-order valence-electron chi connectivity index (χ2n) is 4.43. The van der Waals surface area contributed by atoms with E-state index >= 15 is 0 Å². The van der Waals surface area contributed by atoms with E-state index in [1.54, 1.807) is 0 Å². The maximum atomic E-state index is 5.54. The van der Waals surface area contributed by atoms with Crippen molar-refractivity contribution in [3.05, 3.63) is 60.7 Å². The van der Waals surface area contributed by atoms with Crippen molar-refractivity contribution in [2.75, 3.05) is 0 Å². The molecule has 0 heterocycles. The molecule has 2 nitrogen and oxygen atoms in total. The molecule has 0 aliphatic heterocycles. The van der Waals surface area contributed by atoms with Gasteiger partial charge in [-0.1, -0.05) is 36.4 Å². The third-order valence-electron chi connectivity index (χ3n) is 2.70. The Hall–Kier alpha value is -1.37. The molecule has 0 bridgehead atoms. The summed E-state index contributed by atoms with van der Waals surface area (Å²) < 4.78 is 8.79. The van der Waals surface area contributed by atoms with Crippen LogP contribution in [0.15, 0.2) is 60.7 Å². The van der Waals surface area contributed by atoms with Crippen LogP contribution in [0.2, 0.25) is 13.1 Å². The van der Waals surface area contributed by atoms with Crippen LogP contribution in [-0.4, -0.2) is 19.0 Å². The van der Waals surface area contributed by atoms with Gasteiger partial charge in [0.1, 0.15) is 0 Å². The van der Waals surface area contributed by atoms with Crippen LogP contribution in [0.4, 0.5) is 0 Å². The molecule has 0 spiro atoms. The highest BCUT2D eigenvalue weighted by atomic mass is 28.4. The lowest BCUT2D eigenvalue weighted by molar-refractivity contribution is 0.237. The molecule has 0 saturated heterocycles. The Morgan fingerprint density at radius 2 is 1.22 bits per heavy atom. The summed E-state index contributed by atoms with van der Waals surface area (Å²) >= 11 is 0. The van der Waals surface area contributed by atoms with Gasteiger partial charge in [-0.05, 0) is 0 Å². The molecule has 0 fully saturated rings. The molecule has 0 aromatic heterocycles. The minimum absolute atomic E-state index is 1.07.